The SMILES string of the molecule is Cc1nc(C)n(CCS(=O)(=O)c2cccc(C#N)c2)n1. The van der Waals surface area contributed by atoms with Gasteiger partial charge in [-0.3, -0.25) is 0 Å². The summed E-state index contributed by atoms with van der Waals surface area (Å²) in [7, 11) is -3.44. The molecule has 0 saturated carbocycles. The Bertz CT molecular complexity index is 772. The number of hydrogen-bond donors (Lipinski definition) is 0. The van der Waals surface area contributed by atoms with Gasteiger partial charge in [-0.1, -0.05) is 6.07 Å². The lowest BCUT2D eigenvalue weighted by molar-refractivity contribution is 0.575. The summed E-state index contributed by atoms with van der Waals surface area (Å²) < 4.78 is 26.0. The molecule has 2 aromatic rings. The van der Waals surface area contributed by atoms with Crippen molar-refractivity contribution in [3.8, 4) is 6.07 Å². The molecule has 0 unspecified atom stereocenters. The molecule has 0 N–H and O–H groups in total. The molecule has 6 nitrogen and oxygen atoms in total. The third kappa shape index (κ3) is 3.03. The van der Waals surface area contributed by atoms with Gasteiger partial charge in [0.2, 0.25) is 0 Å². The Hall–Kier alpha value is -2.20. The van der Waals surface area contributed by atoms with Crippen LogP contribution < -0.4 is 0 Å². The summed E-state index contributed by atoms with van der Waals surface area (Å²) in [5, 5.41) is 12.9. The molecule has 104 valence electrons. The highest BCUT2D eigenvalue weighted by molar-refractivity contribution is 7.91. The molecule has 1 aromatic carbocycles. The monoisotopic (exact) mass is 290 g/mol. The van der Waals surface area contributed by atoms with Gasteiger partial charge in [0.15, 0.2) is 9.84 Å². The van der Waals surface area contributed by atoms with Gasteiger partial charge in [-0.05, 0) is 32.0 Å². The molecule has 0 bridgehead atoms. The van der Waals surface area contributed by atoms with Crippen LogP contribution in [0.25, 0.3) is 0 Å². The standard InChI is InChI=1S/C13H14N4O2S/c1-10-15-11(2)17(16-10)6-7-20(18,19)13-5-3-4-12(8-13)9-14/h3-5,8H,6-7H2,1-2H3. The normalized spacial score (nSPS) is 11.2. The second-order valence-electron chi connectivity index (χ2n) is 4.39. The molecule has 0 spiro atoms. The number of nitriles is 1. The van der Waals surface area contributed by atoms with Crippen LogP contribution in [-0.2, 0) is 16.4 Å². The highest BCUT2D eigenvalue weighted by atomic mass is 32.2. The van der Waals surface area contributed by atoms with Crippen molar-refractivity contribution in [1.82, 2.24) is 14.8 Å². The zero-order chi connectivity index (χ0) is 14.8. The Balaban J connectivity index is 2.19. The molecule has 0 aliphatic carbocycles. The van der Waals surface area contributed by atoms with Gasteiger partial charge in [-0.2, -0.15) is 10.4 Å². The van der Waals surface area contributed by atoms with E-state index < -0.39 is 9.84 Å². The Kier molecular flexibility index (Phi) is 3.86. The molecule has 20 heavy (non-hydrogen) atoms. The summed E-state index contributed by atoms with van der Waals surface area (Å²) >= 11 is 0. The first-order valence-corrected chi connectivity index (χ1v) is 7.68. The number of benzene rings is 1. The summed E-state index contributed by atoms with van der Waals surface area (Å²) in [6, 6.07) is 7.95. The minimum atomic E-state index is -3.44. The topological polar surface area (TPSA) is 88.6 Å². The largest absolute Gasteiger partial charge is 0.249 e. The average molecular weight is 290 g/mol. The number of aryl methyl sites for hydroxylation is 3. The summed E-state index contributed by atoms with van der Waals surface area (Å²) in [5.41, 5.74) is 0.332. The van der Waals surface area contributed by atoms with E-state index in [2.05, 4.69) is 10.1 Å². The first kappa shape index (κ1) is 14.2. The molecule has 0 aliphatic rings. The fraction of sp³-hybridized carbons (Fsp3) is 0.308. The van der Waals surface area contributed by atoms with Crippen LogP contribution in [0.1, 0.15) is 17.2 Å². The van der Waals surface area contributed by atoms with Gasteiger partial charge in [-0.25, -0.2) is 18.1 Å². The van der Waals surface area contributed by atoms with E-state index in [9.17, 15) is 8.42 Å². The molecule has 0 radical (unpaired) electrons. The van der Waals surface area contributed by atoms with E-state index in [1.165, 1.54) is 12.1 Å². The Labute approximate surface area is 117 Å². The highest BCUT2D eigenvalue weighted by Gasteiger charge is 2.16. The maximum absolute atomic E-state index is 12.2. The Morgan fingerprint density at radius 2 is 2.10 bits per heavy atom. The molecule has 0 amide bonds. The van der Waals surface area contributed by atoms with Crippen molar-refractivity contribution in [2.45, 2.75) is 25.3 Å². The molecule has 1 aromatic heterocycles. The fourth-order valence-corrected chi connectivity index (χ4v) is 3.10. The van der Waals surface area contributed by atoms with Crippen molar-refractivity contribution in [3.63, 3.8) is 0 Å². The van der Waals surface area contributed by atoms with Crippen LogP contribution in [0.15, 0.2) is 29.2 Å². The van der Waals surface area contributed by atoms with Crippen LogP contribution in [0.5, 0.6) is 0 Å². The number of nitrogens with zero attached hydrogens (tertiary/aromatic N) is 4. The second-order valence-corrected chi connectivity index (χ2v) is 6.50. The summed E-state index contributed by atoms with van der Waals surface area (Å²) in [6.45, 7) is 3.78. The van der Waals surface area contributed by atoms with E-state index in [-0.39, 0.29) is 17.2 Å². The fourth-order valence-electron chi connectivity index (χ4n) is 1.86. The van der Waals surface area contributed by atoms with Crippen molar-refractivity contribution in [3.05, 3.63) is 41.5 Å². The first-order chi connectivity index (χ1) is 9.42. The first-order valence-electron chi connectivity index (χ1n) is 6.03. The van der Waals surface area contributed by atoms with Crippen LogP contribution in [0, 0.1) is 25.2 Å². The molecule has 1 heterocycles. The smallest absolute Gasteiger partial charge is 0.180 e. The lowest BCUT2D eigenvalue weighted by atomic mass is 10.2. The molecule has 0 fully saturated rings. The average Bonchev–Trinajstić information content (AvgIpc) is 2.75. The predicted molar refractivity (Wildman–Crippen MR) is 72.7 cm³/mol. The van der Waals surface area contributed by atoms with Gasteiger partial charge in [0, 0.05) is 0 Å². The molecule has 2 rings (SSSR count). The molecule has 7 heteroatoms. The van der Waals surface area contributed by atoms with E-state index >= 15 is 0 Å². The molecule has 0 saturated heterocycles. The minimum Gasteiger partial charge on any atom is -0.249 e. The molecular formula is C13H14N4O2S. The number of aromatic nitrogens is 3. The Morgan fingerprint density at radius 1 is 1.35 bits per heavy atom. The van der Waals surface area contributed by atoms with E-state index in [1.54, 1.807) is 30.7 Å². The predicted octanol–water partition coefficient (Wildman–Crippen LogP) is 1.24. The lowest BCUT2D eigenvalue weighted by Gasteiger charge is -2.06. The summed E-state index contributed by atoms with van der Waals surface area (Å²) in [4.78, 5) is 4.28. The quantitative estimate of drug-likeness (QED) is 0.845. The van der Waals surface area contributed by atoms with E-state index in [0.717, 1.165) is 0 Å². The molecular weight excluding hydrogens is 276 g/mol. The third-order valence-corrected chi connectivity index (χ3v) is 4.55. The van der Waals surface area contributed by atoms with Crippen molar-refractivity contribution in [1.29, 1.82) is 5.26 Å². The Morgan fingerprint density at radius 3 is 2.70 bits per heavy atom. The van der Waals surface area contributed by atoms with Crippen LogP contribution >= 0.6 is 0 Å². The summed E-state index contributed by atoms with van der Waals surface area (Å²) in [5.74, 6) is 1.22. The van der Waals surface area contributed by atoms with E-state index in [4.69, 9.17) is 5.26 Å². The third-order valence-electron chi connectivity index (χ3n) is 2.86. The highest BCUT2D eigenvalue weighted by Crippen LogP contribution is 2.13. The number of hydrogen-bond acceptors (Lipinski definition) is 5. The van der Waals surface area contributed by atoms with Gasteiger partial charge < -0.3 is 0 Å². The van der Waals surface area contributed by atoms with Gasteiger partial charge in [0.25, 0.3) is 0 Å². The molecule has 0 aliphatic heterocycles. The maximum Gasteiger partial charge on any atom is 0.180 e. The van der Waals surface area contributed by atoms with Crippen LogP contribution in [0.4, 0.5) is 0 Å². The maximum atomic E-state index is 12.2. The van der Waals surface area contributed by atoms with Crippen LogP contribution in [0.2, 0.25) is 0 Å². The van der Waals surface area contributed by atoms with Crippen molar-refractivity contribution in [2.75, 3.05) is 5.75 Å². The number of sulfone groups is 1. The van der Waals surface area contributed by atoms with Gasteiger partial charge in [0.05, 0.1) is 28.8 Å². The molecule has 0 atom stereocenters. The number of rotatable bonds is 4. The van der Waals surface area contributed by atoms with Crippen molar-refractivity contribution in [2.24, 2.45) is 0 Å². The van der Waals surface area contributed by atoms with Crippen LogP contribution in [0.3, 0.4) is 0 Å². The zero-order valence-electron chi connectivity index (χ0n) is 11.2. The van der Waals surface area contributed by atoms with E-state index in [0.29, 0.717) is 17.2 Å². The second kappa shape index (κ2) is 5.43. The van der Waals surface area contributed by atoms with Gasteiger partial charge >= 0.3 is 0 Å². The van der Waals surface area contributed by atoms with E-state index in [1.807, 2.05) is 6.07 Å². The van der Waals surface area contributed by atoms with Crippen molar-refractivity contribution < 1.29 is 8.42 Å². The summed E-state index contributed by atoms with van der Waals surface area (Å²) in [6.07, 6.45) is 0. The van der Waals surface area contributed by atoms with Crippen LogP contribution in [-0.4, -0.2) is 28.9 Å². The zero-order valence-corrected chi connectivity index (χ0v) is 12.1. The van der Waals surface area contributed by atoms with Gasteiger partial charge in [0.1, 0.15) is 11.6 Å². The lowest BCUT2D eigenvalue weighted by Crippen LogP contribution is -2.15. The minimum absolute atomic E-state index is 0.0779. The van der Waals surface area contributed by atoms with Crippen molar-refractivity contribution >= 4 is 9.84 Å². The van der Waals surface area contributed by atoms with Gasteiger partial charge in [-0.15, -0.1) is 0 Å².